The Hall–Kier alpha value is -0.940. The number of esters is 1. The third kappa shape index (κ3) is 1.89. The van der Waals surface area contributed by atoms with E-state index >= 15 is 0 Å². The number of benzene rings is 1. The molecule has 1 unspecified atom stereocenters. The predicted molar refractivity (Wildman–Crippen MR) is 56.2 cm³/mol. The molecule has 0 radical (unpaired) electrons. The topological polar surface area (TPSA) is 44.8 Å². The number of hydrogen-bond acceptors (Lipinski definition) is 4. The molecule has 0 bridgehead atoms. The summed E-state index contributed by atoms with van der Waals surface area (Å²) in [7, 11) is 1.26. The minimum Gasteiger partial charge on any atom is -0.463 e. The van der Waals surface area contributed by atoms with E-state index in [0.29, 0.717) is 21.0 Å². The highest BCUT2D eigenvalue weighted by atomic mass is 79.9. The molecule has 0 spiro atoms. The Labute approximate surface area is 99.2 Å². The van der Waals surface area contributed by atoms with E-state index in [2.05, 4.69) is 20.7 Å². The van der Waals surface area contributed by atoms with Gasteiger partial charge in [0.1, 0.15) is 0 Å². The molecule has 80 valence electrons. The molecule has 6 heteroatoms. The third-order valence-corrected chi connectivity index (χ3v) is 2.63. The lowest BCUT2D eigenvalue weighted by atomic mass is 10.3. The molecule has 1 aliphatic heterocycles. The van der Waals surface area contributed by atoms with Crippen molar-refractivity contribution in [2.24, 2.45) is 0 Å². The number of fused-ring (bicyclic) bond motifs is 1. The Morgan fingerprint density at radius 3 is 2.93 bits per heavy atom. The van der Waals surface area contributed by atoms with Crippen molar-refractivity contribution in [2.45, 2.75) is 6.29 Å². The van der Waals surface area contributed by atoms with Crippen molar-refractivity contribution >= 4 is 33.5 Å². The number of ether oxygens (including phenoxy) is 3. The molecule has 2 rings (SSSR count). The fourth-order valence-corrected chi connectivity index (χ4v) is 2.05. The average Bonchev–Trinajstić information content (AvgIpc) is 2.60. The zero-order chi connectivity index (χ0) is 11.0. The fraction of sp³-hybridized carbons (Fsp3) is 0.222. The Balaban J connectivity index is 2.31. The third-order valence-electron chi connectivity index (χ3n) is 1.83. The van der Waals surface area contributed by atoms with Gasteiger partial charge in [-0.2, -0.15) is 0 Å². The van der Waals surface area contributed by atoms with Gasteiger partial charge in [-0.15, -0.1) is 0 Å². The van der Waals surface area contributed by atoms with Gasteiger partial charge in [-0.3, -0.25) is 0 Å². The SMILES string of the molecule is COC(=O)C1Oc2cc(Cl)cc(Br)c2O1. The van der Waals surface area contributed by atoms with E-state index in [0.717, 1.165) is 0 Å². The van der Waals surface area contributed by atoms with Crippen molar-refractivity contribution in [3.8, 4) is 11.5 Å². The molecular formula is C9H6BrClO4. The second-order valence-electron chi connectivity index (χ2n) is 2.81. The Morgan fingerprint density at radius 1 is 1.53 bits per heavy atom. The largest absolute Gasteiger partial charge is 0.463 e. The van der Waals surface area contributed by atoms with Gasteiger partial charge in [0.25, 0.3) is 0 Å². The number of carbonyl (C=O) groups excluding carboxylic acids is 1. The first-order chi connectivity index (χ1) is 7.11. The van der Waals surface area contributed by atoms with Gasteiger partial charge < -0.3 is 14.2 Å². The van der Waals surface area contributed by atoms with Gasteiger partial charge in [-0.05, 0) is 22.0 Å². The molecule has 0 saturated carbocycles. The second kappa shape index (κ2) is 3.90. The summed E-state index contributed by atoms with van der Waals surface area (Å²) in [6.45, 7) is 0. The molecule has 0 N–H and O–H groups in total. The van der Waals surface area contributed by atoms with Crippen molar-refractivity contribution in [2.75, 3.05) is 7.11 Å². The average molecular weight is 294 g/mol. The highest BCUT2D eigenvalue weighted by molar-refractivity contribution is 9.10. The van der Waals surface area contributed by atoms with Crippen LogP contribution in [0.4, 0.5) is 0 Å². The maximum Gasteiger partial charge on any atom is 0.389 e. The predicted octanol–water partition coefficient (Wildman–Crippen LogP) is 2.37. The van der Waals surface area contributed by atoms with Crippen LogP contribution in [0.3, 0.4) is 0 Å². The van der Waals surface area contributed by atoms with E-state index in [4.69, 9.17) is 21.1 Å². The quantitative estimate of drug-likeness (QED) is 0.746. The van der Waals surface area contributed by atoms with Gasteiger partial charge in [0.15, 0.2) is 11.5 Å². The summed E-state index contributed by atoms with van der Waals surface area (Å²) in [6, 6.07) is 3.23. The number of carbonyl (C=O) groups is 1. The molecule has 1 aliphatic rings. The van der Waals surface area contributed by atoms with Crippen molar-refractivity contribution in [1.82, 2.24) is 0 Å². The van der Waals surface area contributed by atoms with Gasteiger partial charge in [0.05, 0.1) is 11.6 Å². The van der Waals surface area contributed by atoms with Crippen LogP contribution in [0.2, 0.25) is 5.02 Å². The highest BCUT2D eigenvalue weighted by Gasteiger charge is 2.33. The van der Waals surface area contributed by atoms with Crippen LogP contribution in [0.15, 0.2) is 16.6 Å². The minimum atomic E-state index is -1.06. The Bertz CT molecular complexity index is 421. The molecule has 0 amide bonds. The minimum absolute atomic E-state index is 0.421. The summed E-state index contributed by atoms with van der Waals surface area (Å²) in [5.74, 6) is 0.286. The molecule has 1 atom stereocenters. The van der Waals surface area contributed by atoms with Crippen LogP contribution < -0.4 is 9.47 Å². The first-order valence-electron chi connectivity index (χ1n) is 4.02. The standard InChI is InChI=1S/C9H6BrClO4/c1-13-8(12)9-14-6-3-4(11)2-5(10)7(6)15-9/h2-3,9H,1H3. The zero-order valence-corrected chi connectivity index (χ0v) is 9.96. The van der Waals surface area contributed by atoms with Gasteiger partial charge in [-0.1, -0.05) is 11.6 Å². The molecule has 0 saturated heterocycles. The normalized spacial score (nSPS) is 17.7. The summed E-state index contributed by atoms with van der Waals surface area (Å²) in [6.07, 6.45) is -1.06. The molecular weight excluding hydrogens is 287 g/mol. The van der Waals surface area contributed by atoms with E-state index < -0.39 is 12.3 Å². The number of rotatable bonds is 1. The van der Waals surface area contributed by atoms with Crippen LogP contribution >= 0.6 is 27.5 Å². The lowest BCUT2D eigenvalue weighted by Crippen LogP contribution is -2.30. The maximum absolute atomic E-state index is 11.2. The molecule has 15 heavy (non-hydrogen) atoms. The van der Waals surface area contributed by atoms with E-state index in [1.807, 2.05) is 0 Å². The van der Waals surface area contributed by atoms with E-state index in [1.54, 1.807) is 12.1 Å². The van der Waals surface area contributed by atoms with Gasteiger partial charge in [0, 0.05) is 11.1 Å². The second-order valence-corrected chi connectivity index (χ2v) is 4.10. The van der Waals surface area contributed by atoms with Gasteiger partial charge >= 0.3 is 12.3 Å². The van der Waals surface area contributed by atoms with Crippen LogP contribution in [-0.2, 0) is 9.53 Å². The molecule has 0 fully saturated rings. The summed E-state index contributed by atoms with van der Waals surface area (Å²) < 4.78 is 15.6. The summed E-state index contributed by atoms with van der Waals surface area (Å²) in [5, 5.41) is 0.495. The summed E-state index contributed by atoms with van der Waals surface area (Å²) in [4.78, 5) is 11.2. The van der Waals surface area contributed by atoms with Crippen LogP contribution in [0, 0.1) is 0 Å². The fourth-order valence-electron chi connectivity index (χ4n) is 1.18. The molecule has 0 aromatic heterocycles. The Kier molecular flexibility index (Phi) is 2.75. The summed E-state index contributed by atoms with van der Waals surface area (Å²) >= 11 is 9.06. The van der Waals surface area contributed by atoms with Crippen LogP contribution in [-0.4, -0.2) is 19.4 Å². The smallest absolute Gasteiger partial charge is 0.389 e. The molecule has 1 aromatic rings. The number of halogens is 2. The molecule has 1 aromatic carbocycles. The first-order valence-corrected chi connectivity index (χ1v) is 5.19. The monoisotopic (exact) mass is 292 g/mol. The maximum atomic E-state index is 11.2. The van der Waals surface area contributed by atoms with E-state index in [9.17, 15) is 4.79 Å². The number of hydrogen-bond donors (Lipinski definition) is 0. The van der Waals surface area contributed by atoms with Crippen LogP contribution in [0.5, 0.6) is 11.5 Å². The number of methoxy groups -OCH3 is 1. The van der Waals surface area contributed by atoms with Crippen molar-refractivity contribution in [1.29, 1.82) is 0 Å². The lowest BCUT2D eigenvalue weighted by molar-refractivity contribution is -0.158. The molecule has 0 aliphatic carbocycles. The van der Waals surface area contributed by atoms with Crippen molar-refractivity contribution in [3.63, 3.8) is 0 Å². The van der Waals surface area contributed by atoms with E-state index in [-0.39, 0.29) is 0 Å². The van der Waals surface area contributed by atoms with Gasteiger partial charge in [-0.25, -0.2) is 4.79 Å². The van der Waals surface area contributed by atoms with Crippen LogP contribution in [0.1, 0.15) is 0 Å². The van der Waals surface area contributed by atoms with E-state index in [1.165, 1.54) is 7.11 Å². The first kappa shape index (κ1) is 10.6. The van der Waals surface area contributed by atoms with Gasteiger partial charge in [0.2, 0.25) is 0 Å². The molecule has 4 nitrogen and oxygen atoms in total. The zero-order valence-electron chi connectivity index (χ0n) is 7.62. The highest BCUT2D eigenvalue weighted by Crippen LogP contribution is 2.43. The van der Waals surface area contributed by atoms with Crippen LogP contribution in [0.25, 0.3) is 0 Å². The lowest BCUT2D eigenvalue weighted by Gasteiger charge is -2.06. The van der Waals surface area contributed by atoms with Crippen molar-refractivity contribution in [3.05, 3.63) is 21.6 Å². The molecule has 1 heterocycles. The Morgan fingerprint density at radius 2 is 2.27 bits per heavy atom. The summed E-state index contributed by atoms with van der Waals surface area (Å²) in [5.41, 5.74) is 0. The van der Waals surface area contributed by atoms with Crippen molar-refractivity contribution < 1.29 is 19.0 Å².